The second-order valence-electron chi connectivity index (χ2n) is 3.80. The predicted molar refractivity (Wildman–Crippen MR) is 54.0 cm³/mol. The summed E-state index contributed by atoms with van der Waals surface area (Å²) in [5.74, 6) is 2.09. The highest BCUT2D eigenvalue weighted by Gasteiger charge is 2.21. The molecule has 1 aromatic rings. The second-order valence-corrected chi connectivity index (χ2v) is 3.80. The first kappa shape index (κ1) is 9.68. The van der Waals surface area contributed by atoms with E-state index >= 15 is 0 Å². The fourth-order valence-electron chi connectivity index (χ4n) is 2.02. The number of rotatable bonds is 2. The third-order valence-corrected chi connectivity index (χ3v) is 2.73. The summed E-state index contributed by atoms with van der Waals surface area (Å²) in [7, 11) is 0. The number of aromatic nitrogens is 1. The fourth-order valence-corrected chi connectivity index (χ4v) is 2.02. The topological polar surface area (TPSA) is 64.1 Å². The molecule has 4 heteroatoms. The van der Waals surface area contributed by atoms with Crippen molar-refractivity contribution in [1.29, 1.82) is 0 Å². The van der Waals surface area contributed by atoms with Gasteiger partial charge in [-0.3, -0.25) is 0 Å². The highest BCUT2D eigenvalue weighted by molar-refractivity contribution is 5.15. The summed E-state index contributed by atoms with van der Waals surface area (Å²) in [6, 6.07) is 0. The highest BCUT2D eigenvalue weighted by Crippen LogP contribution is 2.25. The van der Waals surface area contributed by atoms with Crippen molar-refractivity contribution in [3.05, 3.63) is 17.3 Å². The van der Waals surface area contributed by atoms with Gasteiger partial charge in [0.05, 0.1) is 12.2 Å². The van der Waals surface area contributed by atoms with E-state index in [1.165, 1.54) is 12.8 Å². The monoisotopic (exact) mass is 195 g/mol. The molecule has 2 heterocycles. The molecule has 1 saturated heterocycles. The Morgan fingerprint density at radius 2 is 2.50 bits per heavy atom. The Labute approximate surface area is 83.9 Å². The van der Waals surface area contributed by atoms with Crippen molar-refractivity contribution in [2.24, 2.45) is 5.73 Å². The first-order chi connectivity index (χ1) is 6.81. The quantitative estimate of drug-likeness (QED) is 0.736. The van der Waals surface area contributed by atoms with Crippen LogP contribution >= 0.6 is 0 Å². The van der Waals surface area contributed by atoms with Gasteiger partial charge in [0.1, 0.15) is 5.76 Å². The fraction of sp³-hybridized carbons (Fsp3) is 0.700. The van der Waals surface area contributed by atoms with Crippen LogP contribution in [-0.2, 0) is 6.54 Å². The minimum absolute atomic E-state index is 0.390. The van der Waals surface area contributed by atoms with Crippen LogP contribution in [0.1, 0.15) is 36.1 Å². The maximum absolute atomic E-state index is 5.49. The number of oxazole rings is 1. The van der Waals surface area contributed by atoms with E-state index in [0.29, 0.717) is 18.4 Å². The Kier molecular flexibility index (Phi) is 2.84. The number of aryl methyl sites for hydroxylation is 1. The Hall–Kier alpha value is -0.870. The zero-order valence-electron chi connectivity index (χ0n) is 8.55. The number of nitrogens with zero attached hydrogens (tertiary/aromatic N) is 1. The van der Waals surface area contributed by atoms with Gasteiger partial charge in [0.25, 0.3) is 0 Å². The summed E-state index contributed by atoms with van der Waals surface area (Å²) in [5, 5.41) is 3.37. The van der Waals surface area contributed by atoms with Crippen LogP contribution in [0, 0.1) is 6.92 Å². The van der Waals surface area contributed by atoms with E-state index < -0.39 is 0 Å². The van der Waals surface area contributed by atoms with Crippen molar-refractivity contribution in [2.45, 2.75) is 32.2 Å². The molecule has 0 aliphatic carbocycles. The molecule has 1 atom stereocenters. The van der Waals surface area contributed by atoms with Crippen LogP contribution in [0.15, 0.2) is 4.42 Å². The molecular weight excluding hydrogens is 178 g/mol. The van der Waals surface area contributed by atoms with Gasteiger partial charge in [-0.2, -0.15) is 0 Å². The summed E-state index contributed by atoms with van der Waals surface area (Å²) < 4.78 is 5.45. The Morgan fingerprint density at radius 3 is 3.07 bits per heavy atom. The van der Waals surface area contributed by atoms with E-state index in [2.05, 4.69) is 10.3 Å². The van der Waals surface area contributed by atoms with Crippen LogP contribution < -0.4 is 11.1 Å². The Morgan fingerprint density at radius 1 is 1.64 bits per heavy atom. The van der Waals surface area contributed by atoms with Gasteiger partial charge in [0, 0.05) is 12.5 Å². The van der Waals surface area contributed by atoms with Gasteiger partial charge in [-0.25, -0.2) is 4.98 Å². The van der Waals surface area contributed by atoms with Crippen molar-refractivity contribution in [1.82, 2.24) is 10.3 Å². The molecule has 1 aliphatic heterocycles. The maximum Gasteiger partial charge on any atom is 0.208 e. The molecule has 0 radical (unpaired) electrons. The third-order valence-electron chi connectivity index (χ3n) is 2.73. The molecule has 0 spiro atoms. The van der Waals surface area contributed by atoms with Crippen LogP contribution in [0.5, 0.6) is 0 Å². The minimum Gasteiger partial charge on any atom is -0.444 e. The van der Waals surface area contributed by atoms with E-state index in [0.717, 1.165) is 24.5 Å². The van der Waals surface area contributed by atoms with E-state index in [4.69, 9.17) is 10.2 Å². The number of piperidine rings is 1. The maximum atomic E-state index is 5.49. The van der Waals surface area contributed by atoms with E-state index in [1.54, 1.807) is 0 Å². The van der Waals surface area contributed by atoms with Crippen molar-refractivity contribution in [3.63, 3.8) is 0 Å². The lowest BCUT2D eigenvalue weighted by molar-refractivity contribution is 0.444. The summed E-state index contributed by atoms with van der Waals surface area (Å²) >= 11 is 0. The van der Waals surface area contributed by atoms with Gasteiger partial charge in [-0.15, -0.1) is 0 Å². The number of hydrogen-bond donors (Lipinski definition) is 2. The normalized spacial score (nSPS) is 22.6. The van der Waals surface area contributed by atoms with Crippen LogP contribution in [0.3, 0.4) is 0 Å². The Bertz CT molecular complexity index is 302. The largest absolute Gasteiger partial charge is 0.444 e. The molecular formula is C10H17N3O. The average molecular weight is 195 g/mol. The second kappa shape index (κ2) is 4.11. The average Bonchev–Trinajstić information content (AvgIpc) is 2.61. The molecule has 1 aliphatic rings. The van der Waals surface area contributed by atoms with Gasteiger partial charge in [0.15, 0.2) is 0 Å². The summed E-state index contributed by atoms with van der Waals surface area (Å²) in [5.41, 5.74) is 6.58. The molecule has 4 nitrogen and oxygen atoms in total. The zero-order chi connectivity index (χ0) is 9.97. The van der Waals surface area contributed by atoms with Gasteiger partial charge >= 0.3 is 0 Å². The van der Waals surface area contributed by atoms with Crippen LogP contribution in [0.2, 0.25) is 0 Å². The lowest BCUT2D eigenvalue weighted by Gasteiger charge is -2.21. The Balaban J connectivity index is 2.17. The minimum atomic E-state index is 0.390. The van der Waals surface area contributed by atoms with Gasteiger partial charge in [-0.1, -0.05) is 0 Å². The standard InChI is InChI=1S/C10H17N3O/c1-7-10(13-9(5-11)14-7)8-3-2-4-12-6-8/h8,12H,2-6,11H2,1H3. The smallest absolute Gasteiger partial charge is 0.208 e. The van der Waals surface area contributed by atoms with E-state index in [1.807, 2.05) is 6.92 Å². The van der Waals surface area contributed by atoms with Crippen LogP contribution in [0.4, 0.5) is 0 Å². The predicted octanol–water partition coefficient (Wildman–Crippen LogP) is 0.909. The molecule has 1 unspecified atom stereocenters. The number of nitrogens with two attached hydrogens (primary N) is 1. The first-order valence-electron chi connectivity index (χ1n) is 5.18. The van der Waals surface area contributed by atoms with Gasteiger partial charge in [0.2, 0.25) is 5.89 Å². The lowest BCUT2D eigenvalue weighted by Crippen LogP contribution is -2.28. The molecule has 1 aromatic heterocycles. The number of hydrogen-bond acceptors (Lipinski definition) is 4. The molecule has 0 saturated carbocycles. The van der Waals surface area contributed by atoms with E-state index in [-0.39, 0.29) is 0 Å². The molecule has 14 heavy (non-hydrogen) atoms. The molecule has 2 rings (SSSR count). The van der Waals surface area contributed by atoms with Crippen LogP contribution in [0.25, 0.3) is 0 Å². The third kappa shape index (κ3) is 1.81. The van der Waals surface area contributed by atoms with Crippen molar-refractivity contribution < 1.29 is 4.42 Å². The van der Waals surface area contributed by atoms with Crippen LogP contribution in [-0.4, -0.2) is 18.1 Å². The molecule has 1 fully saturated rings. The first-order valence-corrected chi connectivity index (χ1v) is 5.18. The molecule has 78 valence electrons. The zero-order valence-corrected chi connectivity index (χ0v) is 8.55. The molecule has 0 amide bonds. The van der Waals surface area contributed by atoms with Crippen molar-refractivity contribution in [3.8, 4) is 0 Å². The van der Waals surface area contributed by atoms with Crippen molar-refractivity contribution >= 4 is 0 Å². The molecule has 0 aromatic carbocycles. The summed E-state index contributed by atoms with van der Waals surface area (Å²) in [4.78, 5) is 4.42. The van der Waals surface area contributed by atoms with Gasteiger partial charge < -0.3 is 15.5 Å². The molecule has 0 bridgehead atoms. The lowest BCUT2D eigenvalue weighted by atomic mass is 9.95. The summed E-state index contributed by atoms with van der Waals surface area (Å²) in [6.45, 7) is 4.49. The van der Waals surface area contributed by atoms with Crippen molar-refractivity contribution in [2.75, 3.05) is 13.1 Å². The number of nitrogens with one attached hydrogen (secondary N) is 1. The van der Waals surface area contributed by atoms with Gasteiger partial charge in [-0.05, 0) is 26.3 Å². The summed E-state index contributed by atoms with van der Waals surface area (Å²) in [6.07, 6.45) is 2.42. The van der Waals surface area contributed by atoms with E-state index in [9.17, 15) is 0 Å². The SMILES string of the molecule is Cc1oc(CN)nc1C1CCCNC1. The molecule has 3 N–H and O–H groups in total. The highest BCUT2D eigenvalue weighted by atomic mass is 16.4.